The molecule has 1 N–H and O–H groups in total. The highest BCUT2D eigenvalue weighted by atomic mass is 16.7. The van der Waals surface area contributed by atoms with Gasteiger partial charge in [0.15, 0.2) is 6.10 Å². The van der Waals surface area contributed by atoms with Crippen molar-refractivity contribution in [2.75, 3.05) is 13.1 Å². The molecule has 2 aliphatic rings. The molecule has 0 unspecified atom stereocenters. The fourth-order valence-corrected chi connectivity index (χ4v) is 3.47. The number of hydrogen-bond donors (Lipinski definition) is 1. The van der Waals surface area contributed by atoms with E-state index in [1.807, 2.05) is 0 Å². The molecule has 2 amide bonds. The van der Waals surface area contributed by atoms with Crippen LogP contribution in [-0.4, -0.2) is 54.6 Å². The van der Waals surface area contributed by atoms with E-state index in [0.29, 0.717) is 24.2 Å². The molecule has 156 valence electrons. The Morgan fingerprint density at radius 2 is 1.53 bits per heavy atom. The first-order valence-electron chi connectivity index (χ1n) is 9.84. The zero-order valence-corrected chi connectivity index (χ0v) is 16.2. The average molecular weight is 410 g/mol. The Morgan fingerprint density at radius 1 is 0.933 bits per heavy atom. The molecule has 0 spiro atoms. The van der Waals surface area contributed by atoms with Crippen molar-refractivity contribution < 1.29 is 28.6 Å². The third-order valence-corrected chi connectivity index (χ3v) is 4.99. The van der Waals surface area contributed by atoms with Gasteiger partial charge in [0.2, 0.25) is 6.29 Å². The molecule has 2 heterocycles. The van der Waals surface area contributed by atoms with Crippen molar-refractivity contribution in [3.8, 4) is 0 Å². The zero-order chi connectivity index (χ0) is 20.9. The van der Waals surface area contributed by atoms with E-state index in [9.17, 15) is 14.4 Å². The predicted octanol–water partition coefficient (Wildman–Crippen LogP) is 2.56. The summed E-state index contributed by atoms with van der Waals surface area (Å²) >= 11 is 0. The lowest BCUT2D eigenvalue weighted by atomic mass is 10.2. The van der Waals surface area contributed by atoms with Gasteiger partial charge < -0.3 is 19.5 Å². The normalized spacial score (nSPS) is 23.5. The van der Waals surface area contributed by atoms with Gasteiger partial charge in [-0.1, -0.05) is 36.4 Å². The second kappa shape index (κ2) is 8.96. The molecular weight excluding hydrogens is 388 g/mol. The number of benzene rings is 2. The molecular formula is C22H22N2O6. The molecule has 0 radical (unpaired) electrons. The summed E-state index contributed by atoms with van der Waals surface area (Å²) in [6.07, 6.45) is -1.64. The maximum absolute atomic E-state index is 12.5. The van der Waals surface area contributed by atoms with Crippen LogP contribution in [-0.2, 0) is 14.2 Å². The van der Waals surface area contributed by atoms with E-state index in [1.54, 1.807) is 60.7 Å². The van der Waals surface area contributed by atoms with Crippen molar-refractivity contribution in [2.45, 2.75) is 31.5 Å². The Hall–Kier alpha value is -3.39. The summed E-state index contributed by atoms with van der Waals surface area (Å²) in [5.74, 6) is -1.14. The minimum Gasteiger partial charge on any atom is -0.452 e. The number of carbonyl (C=O) groups excluding carboxylic acids is 3. The third kappa shape index (κ3) is 4.44. The van der Waals surface area contributed by atoms with Crippen LogP contribution in [0.25, 0.3) is 0 Å². The lowest BCUT2D eigenvalue weighted by Crippen LogP contribution is -2.51. The Labute approximate surface area is 173 Å². The van der Waals surface area contributed by atoms with E-state index in [0.717, 1.165) is 6.42 Å². The summed E-state index contributed by atoms with van der Waals surface area (Å²) in [5, 5.41) is 2.76. The van der Waals surface area contributed by atoms with Gasteiger partial charge in [0.25, 0.3) is 0 Å². The predicted molar refractivity (Wildman–Crippen MR) is 106 cm³/mol. The fourth-order valence-electron chi connectivity index (χ4n) is 3.47. The van der Waals surface area contributed by atoms with Gasteiger partial charge in [0.1, 0.15) is 6.23 Å². The SMILES string of the molecule is O=C(O[C@H]1O[C@@H](N2CCCNC2=O)C[C@@H]1OC(=O)c1ccccc1)c1ccccc1. The molecule has 8 nitrogen and oxygen atoms in total. The van der Waals surface area contributed by atoms with Crippen LogP contribution in [0, 0.1) is 0 Å². The quantitative estimate of drug-likeness (QED) is 0.762. The van der Waals surface area contributed by atoms with E-state index in [2.05, 4.69) is 5.32 Å². The Kier molecular flexibility index (Phi) is 5.94. The number of amides is 2. The van der Waals surface area contributed by atoms with Crippen LogP contribution >= 0.6 is 0 Å². The van der Waals surface area contributed by atoms with E-state index in [4.69, 9.17) is 14.2 Å². The molecule has 0 aromatic heterocycles. The molecule has 30 heavy (non-hydrogen) atoms. The standard InChI is InChI=1S/C22H22N2O6/c25-19(15-8-3-1-4-9-15)28-17-14-18(24-13-7-12-23-22(24)27)29-21(17)30-20(26)16-10-5-2-6-11-16/h1-6,8-11,17-18,21H,7,12-14H2,(H,23,27)/t17-,18+,21+/m0/s1. The topological polar surface area (TPSA) is 94.2 Å². The molecule has 2 aliphatic heterocycles. The summed E-state index contributed by atoms with van der Waals surface area (Å²) in [6.45, 7) is 1.11. The first-order chi connectivity index (χ1) is 14.6. The van der Waals surface area contributed by atoms with E-state index < -0.39 is 30.6 Å². The van der Waals surface area contributed by atoms with Gasteiger partial charge >= 0.3 is 18.0 Å². The summed E-state index contributed by atoms with van der Waals surface area (Å²) in [4.78, 5) is 38.8. The van der Waals surface area contributed by atoms with E-state index >= 15 is 0 Å². The van der Waals surface area contributed by atoms with Crippen LogP contribution in [0.5, 0.6) is 0 Å². The number of urea groups is 1. The van der Waals surface area contributed by atoms with Crippen molar-refractivity contribution in [1.29, 1.82) is 0 Å². The molecule has 2 aromatic carbocycles. The van der Waals surface area contributed by atoms with Crippen LogP contribution in [0.2, 0.25) is 0 Å². The molecule has 2 saturated heterocycles. The van der Waals surface area contributed by atoms with Crippen LogP contribution in [0.15, 0.2) is 60.7 Å². The second-order valence-corrected chi connectivity index (χ2v) is 7.05. The fraction of sp³-hybridized carbons (Fsp3) is 0.318. The van der Waals surface area contributed by atoms with Gasteiger partial charge in [-0.15, -0.1) is 0 Å². The summed E-state index contributed by atoms with van der Waals surface area (Å²) in [7, 11) is 0. The number of nitrogens with zero attached hydrogens (tertiary/aromatic N) is 1. The highest BCUT2D eigenvalue weighted by Gasteiger charge is 2.45. The molecule has 0 bridgehead atoms. The van der Waals surface area contributed by atoms with Gasteiger partial charge in [-0.05, 0) is 30.7 Å². The van der Waals surface area contributed by atoms with Crippen molar-refractivity contribution in [2.24, 2.45) is 0 Å². The Bertz CT molecular complexity index is 843. The van der Waals surface area contributed by atoms with Crippen LogP contribution < -0.4 is 5.32 Å². The Morgan fingerprint density at radius 3 is 2.13 bits per heavy atom. The molecule has 0 saturated carbocycles. The Balaban J connectivity index is 1.50. The van der Waals surface area contributed by atoms with Crippen molar-refractivity contribution in [1.82, 2.24) is 10.2 Å². The molecule has 2 aromatic rings. The van der Waals surface area contributed by atoms with Crippen molar-refractivity contribution >= 4 is 18.0 Å². The summed E-state index contributed by atoms with van der Waals surface area (Å²) < 4.78 is 17.0. The highest BCUT2D eigenvalue weighted by molar-refractivity contribution is 5.90. The van der Waals surface area contributed by atoms with Gasteiger partial charge in [-0.2, -0.15) is 0 Å². The number of rotatable bonds is 5. The molecule has 8 heteroatoms. The first kappa shape index (κ1) is 19.9. The van der Waals surface area contributed by atoms with Gasteiger partial charge in [-0.25, -0.2) is 14.4 Å². The van der Waals surface area contributed by atoms with Crippen LogP contribution in [0.4, 0.5) is 4.79 Å². The van der Waals surface area contributed by atoms with Crippen LogP contribution in [0.3, 0.4) is 0 Å². The zero-order valence-electron chi connectivity index (χ0n) is 16.2. The van der Waals surface area contributed by atoms with Crippen LogP contribution in [0.1, 0.15) is 33.6 Å². The lowest BCUT2D eigenvalue weighted by molar-refractivity contribution is -0.155. The second-order valence-electron chi connectivity index (χ2n) is 7.05. The largest absolute Gasteiger partial charge is 0.452 e. The molecule has 3 atom stereocenters. The van der Waals surface area contributed by atoms with Gasteiger partial charge in [0.05, 0.1) is 11.1 Å². The minimum absolute atomic E-state index is 0.207. The lowest BCUT2D eigenvalue weighted by Gasteiger charge is -2.31. The third-order valence-electron chi connectivity index (χ3n) is 4.99. The maximum Gasteiger partial charge on any atom is 0.340 e. The van der Waals surface area contributed by atoms with Crippen molar-refractivity contribution in [3.05, 3.63) is 71.8 Å². The minimum atomic E-state index is -1.12. The first-order valence-corrected chi connectivity index (χ1v) is 9.84. The van der Waals surface area contributed by atoms with E-state index in [1.165, 1.54) is 4.90 Å². The summed E-state index contributed by atoms with van der Waals surface area (Å²) in [5.41, 5.74) is 0.734. The number of hydrogen-bond acceptors (Lipinski definition) is 6. The monoisotopic (exact) mass is 410 g/mol. The van der Waals surface area contributed by atoms with Gasteiger partial charge in [0, 0.05) is 19.5 Å². The number of ether oxygens (including phenoxy) is 3. The summed E-state index contributed by atoms with van der Waals surface area (Å²) in [6, 6.07) is 16.8. The highest BCUT2D eigenvalue weighted by Crippen LogP contribution is 2.29. The van der Waals surface area contributed by atoms with Gasteiger partial charge in [-0.3, -0.25) is 4.90 Å². The molecule has 4 rings (SSSR count). The maximum atomic E-state index is 12.5. The average Bonchev–Trinajstić information content (AvgIpc) is 3.17. The van der Waals surface area contributed by atoms with E-state index in [-0.39, 0.29) is 12.5 Å². The number of nitrogens with one attached hydrogen (secondary N) is 1. The number of esters is 2. The molecule has 0 aliphatic carbocycles. The smallest absolute Gasteiger partial charge is 0.340 e. The number of carbonyl (C=O) groups is 3. The van der Waals surface area contributed by atoms with Crippen molar-refractivity contribution in [3.63, 3.8) is 0 Å². The molecule has 2 fully saturated rings.